The Morgan fingerprint density at radius 1 is 1.08 bits per heavy atom. The third kappa shape index (κ3) is 4.18. The van der Waals surface area contributed by atoms with Crippen molar-refractivity contribution in [1.82, 2.24) is 15.6 Å². The second kappa shape index (κ2) is 7.55. The van der Waals surface area contributed by atoms with Gasteiger partial charge in [0.2, 0.25) is 0 Å². The van der Waals surface area contributed by atoms with E-state index in [0.717, 1.165) is 20.1 Å². The molecule has 2 aromatic carbocycles. The minimum absolute atomic E-state index is 0.347. The van der Waals surface area contributed by atoms with Crippen LogP contribution in [0.4, 0.5) is 0 Å². The van der Waals surface area contributed by atoms with Gasteiger partial charge in [-0.1, -0.05) is 56.1 Å². The maximum absolute atomic E-state index is 12.1. The first-order valence-corrected chi connectivity index (χ1v) is 8.61. The number of halogens is 2. The van der Waals surface area contributed by atoms with Crippen molar-refractivity contribution in [2.24, 2.45) is 5.10 Å². The van der Waals surface area contributed by atoms with E-state index in [-0.39, 0.29) is 5.91 Å². The third-order valence-corrected chi connectivity index (χ3v) is 4.21. The molecular formula is C17H12Br2N4O. The summed E-state index contributed by atoms with van der Waals surface area (Å²) in [4.78, 5) is 12.1. The van der Waals surface area contributed by atoms with Gasteiger partial charge in [0.05, 0.1) is 11.9 Å². The van der Waals surface area contributed by atoms with E-state index >= 15 is 0 Å². The van der Waals surface area contributed by atoms with Crippen LogP contribution in [0.5, 0.6) is 0 Å². The van der Waals surface area contributed by atoms with Gasteiger partial charge in [0.15, 0.2) is 0 Å². The van der Waals surface area contributed by atoms with E-state index < -0.39 is 0 Å². The summed E-state index contributed by atoms with van der Waals surface area (Å²) in [5.41, 5.74) is 5.32. The number of nitrogens with one attached hydrogen (secondary N) is 2. The molecule has 0 aliphatic heterocycles. The fourth-order valence-electron chi connectivity index (χ4n) is 2.02. The number of nitrogens with zero attached hydrogens (tertiary/aromatic N) is 2. The quantitative estimate of drug-likeness (QED) is 0.460. The summed E-state index contributed by atoms with van der Waals surface area (Å²) >= 11 is 6.77. The summed E-state index contributed by atoms with van der Waals surface area (Å²) in [6.45, 7) is 0. The molecule has 2 N–H and O–H groups in total. The SMILES string of the molecule is O=C(N/N=C\c1cccc(Br)c1)c1cc(-c2ccc(Br)cc2)n[nH]1. The van der Waals surface area contributed by atoms with Crippen molar-refractivity contribution in [3.8, 4) is 11.3 Å². The Balaban J connectivity index is 1.66. The molecule has 1 amide bonds. The lowest BCUT2D eigenvalue weighted by Gasteiger charge is -1.97. The number of aromatic amines is 1. The molecule has 120 valence electrons. The number of hydrazone groups is 1. The molecule has 7 heteroatoms. The average molecular weight is 448 g/mol. The van der Waals surface area contributed by atoms with Gasteiger partial charge in [-0.25, -0.2) is 5.43 Å². The summed E-state index contributed by atoms with van der Waals surface area (Å²) in [5, 5.41) is 10.8. The standard InChI is InChI=1S/C17H12Br2N4O/c18-13-6-4-12(5-7-13)15-9-16(22-21-15)17(24)23-20-10-11-2-1-3-14(19)8-11/h1-10H,(H,21,22)(H,23,24)/b20-10-. The second-order valence-corrected chi connectivity index (χ2v) is 6.76. The van der Waals surface area contributed by atoms with Crippen LogP contribution < -0.4 is 5.43 Å². The van der Waals surface area contributed by atoms with E-state index in [2.05, 4.69) is 52.6 Å². The van der Waals surface area contributed by atoms with Crippen LogP contribution in [-0.2, 0) is 0 Å². The van der Waals surface area contributed by atoms with Crippen LogP contribution >= 0.6 is 31.9 Å². The van der Waals surface area contributed by atoms with Gasteiger partial charge in [0, 0.05) is 14.5 Å². The zero-order valence-corrected chi connectivity index (χ0v) is 15.5. The molecule has 24 heavy (non-hydrogen) atoms. The Morgan fingerprint density at radius 2 is 1.88 bits per heavy atom. The van der Waals surface area contributed by atoms with Gasteiger partial charge < -0.3 is 0 Å². The molecular weight excluding hydrogens is 436 g/mol. The first-order chi connectivity index (χ1) is 11.6. The topological polar surface area (TPSA) is 70.1 Å². The third-order valence-electron chi connectivity index (χ3n) is 3.19. The van der Waals surface area contributed by atoms with E-state index in [1.54, 1.807) is 12.3 Å². The van der Waals surface area contributed by atoms with Crippen molar-refractivity contribution in [3.05, 3.63) is 74.8 Å². The van der Waals surface area contributed by atoms with Crippen LogP contribution in [0.1, 0.15) is 16.1 Å². The van der Waals surface area contributed by atoms with E-state index in [0.29, 0.717) is 11.4 Å². The Labute approximate surface area is 155 Å². The zero-order valence-electron chi connectivity index (χ0n) is 12.3. The molecule has 0 unspecified atom stereocenters. The van der Waals surface area contributed by atoms with Crippen LogP contribution in [0, 0.1) is 0 Å². The van der Waals surface area contributed by atoms with Crippen LogP contribution in [0.3, 0.4) is 0 Å². The van der Waals surface area contributed by atoms with Crippen molar-refractivity contribution < 1.29 is 4.79 Å². The highest BCUT2D eigenvalue weighted by Crippen LogP contribution is 2.20. The summed E-state index contributed by atoms with van der Waals surface area (Å²) in [6.07, 6.45) is 1.58. The van der Waals surface area contributed by atoms with Crippen molar-refractivity contribution in [1.29, 1.82) is 0 Å². The first-order valence-electron chi connectivity index (χ1n) is 7.02. The van der Waals surface area contributed by atoms with Crippen molar-refractivity contribution >= 4 is 44.0 Å². The Morgan fingerprint density at radius 3 is 2.62 bits per heavy atom. The molecule has 3 rings (SSSR count). The summed E-state index contributed by atoms with van der Waals surface area (Å²) in [5.74, 6) is -0.350. The maximum Gasteiger partial charge on any atom is 0.289 e. The average Bonchev–Trinajstić information content (AvgIpc) is 3.05. The number of rotatable bonds is 4. The first kappa shape index (κ1) is 16.6. The smallest absolute Gasteiger partial charge is 0.272 e. The minimum atomic E-state index is -0.350. The molecule has 0 bridgehead atoms. The second-order valence-electron chi connectivity index (χ2n) is 4.93. The fraction of sp³-hybridized carbons (Fsp3) is 0. The molecule has 0 aliphatic rings. The lowest BCUT2D eigenvalue weighted by atomic mass is 10.1. The zero-order chi connectivity index (χ0) is 16.9. The molecule has 1 heterocycles. The molecule has 3 aromatic rings. The van der Waals surface area contributed by atoms with Crippen LogP contribution in [0.25, 0.3) is 11.3 Å². The van der Waals surface area contributed by atoms with Gasteiger partial charge in [0.25, 0.3) is 5.91 Å². The van der Waals surface area contributed by atoms with Crippen LogP contribution in [0.15, 0.2) is 68.6 Å². The predicted octanol–water partition coefficient (Wildman–Crippen LogP) is 4.37. The molecule has 0 aliphatic carbocycles. The molecule has 0 saturated carbocycles. The fourth-order valence-corrected chi connectivity index (χ4v) is 2.70. The summed E-state index contributed by atoms with van der Waals surface area (Å²) in [7, 11) is 0. The van der Waals surface area contributed by atoms with Crippen molar-refractivity contribution in [3.63, 3.8) is 0 Å². The Hall–Kier alpha value is -2.25. The minimum Gasteiger partial charge on any atom is -0.272 e. The van der Waals surface area contributed by atoms with E-state index in [1.807, 2.05) is 48.5 Å². The van der Waals surface area contributed by atoms with Crippen molar-refractivity contribution in [2.45, 2.75) is 0 Å². The molecule has 0 radical (unpaired) electrons. The number of carbonyl (C=O) groups excluding carboxylic acids is 1. The van der Waals surface area contributed by atoms with Gasteiger partial charge in [-0.3, -0.25) is 9.89 Å². The number of H-pyrrole nitrogens is 1. The van der Waals surface area contributed by atoms with Gasteiger partial charge in [-0.2, -0.15) is 10.2 Å². The molecule has 0 fully saturated rings. The molecule has 5 nitrogen and oxygen atoms in total. The van der Waals surface area contributed by atoms with Gasteiger partial charge >= 0.3 is 0 Å². The van der Waals surface area contributed by atoms with Gasteiger partial charge in [-0.05, 0) is 35.9 Å². The number of hydrogen-bond acceptors (Lipinski definition) is 3. The number of benzene rings is 2. The van der Waals surface area contributed by atoms with Gasteiger partial charge in [0.1, 0.15) is 5.69 Å². The molecule has 0 spiro atoms. The number of aromatic nitrogens is 2. The molecule has 0 saturated heterocycles. The highest BCUT2D eigenvalue weighted by Gasteiger charge is 2.10. The van der Waals surface area contributed by atoms with Crippen LogP contribution in [-0.4, -0.2) is 22.3 Å². The number of carbonyl (C=O) groups is 1. The van der Waals surface area contributed by atoms with Crippen molar-refractivity contribution in [2.75, 3.05) is 0 Å². The largest absolute Gasteiger partial charge is 0.289 e. The normalized spacial score (nSPS) is 10.9. The van der Waals surface area contributed by atoms with E-state index in [9.17, 15) is 4.79 Å². The van der Waals surface area contributed by atoms with Crippen LogP contribution in [0.2, 0.25) is 0 Å². The Kier molecular flexibility index (Phi) is 5.22. The highest BCUT2D eigenvalue weighted by atomic mass is 79.9. The highest BCUT2D eigenvalue weighted by molar-refractivity contribution is 9.10. The lowest BCUT2D eigenvalue weighted by molar-refractivity contribution is 0.0950. The molecule has 1 aromatic heterocycles. The lowest BCUT2D eigenvalue weighted by Crippen LogP contribution is -2.17. The maximum atomic E-state index is 12.1. The summed E-state index contributed by atoms with van der Waals surface area (Å²) in [6, 6.07) is 17.0. The summed E-state index contributed by atoms with van der Waals surface area (Å²) < 4.78 is 1.94. The Bertz CT molecular complexity index is 888. The monoisotopic (exact) mass is 446 g/mol. The number of amides is 1. The molecule has 0 atom stereocenters. The van der Waals surface area contributed by atoms with E-state index in [1.165, 1.54) is 0 Å². The predicted molar refractivity (Wildman–Crippen MR) is 101 cm³/mol. The van der Waals surface area contributed by atoms with Gasteiger partial charge in [-0.15, -0.1) is 0 Å². The number of hydrogen-bond donors (Lipinski definition) is 2. The van der Waals surface area contributed by atoms with E-state index in [4.69, 9.17) is 0 Å².